The van der Waals surface area contributed by atoms with Crippen LogP contribution in [-0.4, -0.2) is 18.2 Å². The molecule has 0 radical (unpaired) electrons. The normalized spacial score (nSPS) is 16.6. The Morgan fingerprint density at radius 3 is 2.48 bits per heavy atom. The summed E-state index contributed by atoms with van der Waals surface area (Å²) in [7, 11) is 0. The number of hydrogen-bond donors (Lipinski definition) is 1. The highest BCUT2D eigenvalue weighted by atomic mass is 35.5. The van der Waals surface area contributed by atoms with Gasteiger partial charge in [-0.3, -0.25) is 0 Å². The summed E-state index contributed by atoms with van der Waals surface area (Å²) in [4.78, 5) is 24.2. The maximum Gasteiger partial charge on any atom is 0.355 e. The molecule has 1 aliphatic rings. The van der Waals surface area contributed by atoms with Crippen molar-refractivity contribution in [2.75, 3.05) is 5.32 Å². The van der Waals surface area contributed by atoms with Crippen LogP contribution in [0.1, 0.15) is 21.5 Å². The zero-order valence-electron chi connectivity index (χ0n) is 13.7. The second-order valence-corrected chi connectivity index (χ2v) is 6.05. The zero-order valence-corrected chi connectivity index (χ0v) is 14.5. The second kappa shape index (κ2) is 6.99. The first-order chi connectivity index (χ1) is 12.0. The minimum absolute atomic E-state index is 0.136. The summed E-state index contributed by atoms with van der Waals surface area (Å²) in [5.74, 6) is -1.33. The molecule has 3 rings (SSSR count). The minimum Gasteiger partial charge on any atom is -0.415 e. The Kier molecular flexibility index (Phi) is 4.76. The van der Waals surface area contributed by atoms with E-state index in [1.54, 1.807) is 25.1 Å². The first kappa shape index (κ1) is 17.0. The van der Waals surface area contributed by atoms with E-state index >= 15 is 0 Å². The molecule has 0 bridgehead atoms. The van der Waals surface area contributed by atoms with Gasteiger partial charge in [0, 0.05) is 5.69 Å². The van der Waals surface area contributed by atoms with E-state index in [1.165, 1.54) is 0 Å². The number of aryl methyl sites for hydroxylation is 2. The Bertz CT molecular complexity index is 858. The van der Waals surface area contributed by atoms with Gasteiger partial charge in [0.25, 0.3) is 6.29 Å². The van der Waals surface area contributed by atoms with Crippen molar-refractivity contribution >= 4 is 29.2 Å². The summed E-state index contributed by atoms with van der Waals surface area (Å²) in [5.41, 5.74) is 3.16. The molecule has 0 aromatic heterocycles. The van der Waals surface area contributed by atoms with Gasteiger partial charge in [-0.15, -0.1) is 0 Å². The van der Waals surface area contributed by atoms with Gasteiger partial charge >= 0.3 is 11.9 Å². The number of rotatable bonds is 4. The standard InChI is InChI=1S/C19H16ClNO4/c1-11-7-9-13(10-8-11)21-16-15(20)18(23)25-19(16)24-17(22)14-6-4-3-5-12(14)2/h3-10,19,21H,1-2H3/t19-/m1/s1. The van der Waals surface area contributed by atoms with Crippen LogP contribution in [0, 0.1) is 13.8 Å². The van der Waals surface area contributed by atoms with Gasteiger partial charge in [-0.2, -0.15) is 0 Å². The molecule has 0 amide bonds. The lowest BCUT2D eigenvalue weighted by atomic mass is 10.1. The molecule has 0 fully saturated rings. The van der Waals surface area contributed by atoms with E-state index < -0.39 is 18.2 Å². The molecule has 2 aromatic rings. The number of esters is 2. The predicted octanol–water partition coefficient (Wildman–Crippen LogP) is 3.91. The number of nitrogens with one attached hydrogen (secondary N) is 1. The number of hydrogen-bond acceptors (Lipinski definition) is 5. The summed E-state index contributed by atoms with van der Waals surface area (Å²) < 4.78 is 10.4. The number of anilines is 1. The van der Waals surface area contributed by atoms with Crippen molar-refractivity contribution in [2.24, 2.45) is 0 Å². The molecule has 25 heavy (non-hydrogen) atoms. The summed E-state index contributed by atoms with van der Waals surface area (Å²) in [5, 5.41) is 2.86. The molecule has 1 atom stereocenters. The highest BCUT2D eigenvalue weighted by Gasteiger charge is 2.36. The van der Waals surface area contributed by atoms with Crippen molar-refractivity contribution in [1.82, 2.24) is 0 Å². The zero-order chi connectivity index (χ0) is 18.0. The first-order valence-electron chi connectivity index (χ1n) is 7.66. The molecule has 6 heteroatoms. The lowest BCUT2D eigenvalue weighted by Gasteiger charge is -2.17. The predicted molar refractivity (Wildman–Crippen MR) is 94.2 cm³/mol. The third kappa shape index (κ3) is 3.67. The molecule has 0 saturated carbocycles. The summed E-state index contributed by atoms with van der Waals surface area (Å²) in [6, 6.07) is 14.5. The molecule has 0 saturated heterocycles. The smallest absolute Gasteiger partial charge is 0.355 e. The molecule has 1 aliphatic heterocycles. The van der Waals surface area contributed by atoms with E-state index in [-0.39, 0.29) is 10.7 Å². The van der Waals surface area contributed by atoms with E-state index in [0.29, 0.717) is 11.3 Å². The number of carbonyl (C=O) groups excluding carboxylic acids is 2. The third-order valence-corrected chi connectivity index (χ3v) is 4.13. The van der Waals surface area contributed by atoms with Crippen LogP contribution >= 0.6 is 11.6 Å². The van der Waals surface area contributed by atoms with E-state index in [1.807, 2.05) is 37.3 Å². The van der Waals surface area contributed by atoms with Gasteiger partial charge in [-0.05, 0) is 37.6 Å². The molecule has 0 spiro atoms. The van der Waals surface area contributed by atoms with Crippen LogP contribution in [-0.2, 0) is 14.3 Å². The maximum absolute atomic E-state index is 12.4. The SMILES string of the molecule is Cc1ccc(NC2=C(Cl)C(=O)O[C@H]2OC(=O)c2ccccc2C)cc1. The molecule has 2 aromatic carbocycles. The van der Waals surface area contributed by atoms with E-state index in [0.717, 1.165) is 11.1 Å². The Balaban J connectivity index is 1.80. The van der Waals surface area contributed by atoms with Crippen molar-refractivity contribution in [3.05, 3.63) is 76.0 Å². The van der Waals surface area contributed by atoms with E-state index in [9.17, 15) is 9.59 Å². The Hall–Kier alpha value is -2.79. The van der Waals surface area contributed by atoms with Crippen molar-refractivity contribution in [1.29, 1.82) is 0 Å². The van der Waals surface area contributed by atoms with Gasteiger partial charge in [-0.25, -0.2) is 9.59 Å². The maximum atomic E-state index is 12.4. The number of benzene rings is 2. The van der Waals surface area contributed by atoms with Crippen LogP contribution in [0.5, 0.6) is 0 Å². The first-order valence-corrected chi connectivity index (χ1v) is 8.04. The Morgan fingerprint density at radius 1 is 1.12 bits per heavy atom. The van der Waals surface area contributed by atoms with Crippen LogP contribution in [0.15, 0.2) is 59.3 Å². The third-order valence-electron chi connectivity index (χ3n) is 3.78. The number of halogens is 1. The highest BCUT2D eigenvalue weighted by Crippen LogP contribution is 2.29. The van der Waals surface area contributed by atoms with Crippen molar-refractivity contribution in [3.63, 3.8) is 0 Å². The van der Waals surface area contributed by atoms with Gasteiger partial charge in [0.1, 0.15) is 5.70 Å². The van der Waals surface area contributed by atoms with Crippen LogP contribution in [0.2, 0.25) is 0 Å². The van der Waals surface area contributed by atoms with Crippen LogP contribution < -0.4 is 5.32 Å². The number of carbonyl (C=O) groups is 2. The van der Waals surface area contributed by atoms with Crippen molar-refractivity contribution in [3.8, 4) is 0 Å². The van der Waals surface area contributed by atoms with Crippen molar-refractivity contribution in [2.45, 2.75) is 20.1 Å². The second-order valence-electron chi connectivity index (χ2n) is 5.68. The lowest BCUT2D eigenvalue weighted by molar-refractivity contribution is -0.152. The lowest BCUT2D eigenvalue weighted by Crippen LogP contribution is -2.24. The average Bonchev–Trinajstić information content (AvgIpc) is 2.84. The molecule has 1 N–H and O–H groups in total. The Morgan fingerprint density at radius 2 is 1.80 bits per heavy atom. The van der Waals surface area contributed by atoms with Crippen LogP contribution in [0.3, 0.4) is 0 Å². The molecule has 0 unspecified atom stereocenters. The number of cyclic esters (lactones) is 1. The van der Waals surface area contributed by atoms with Crippen LogP contribution in [0.4, 0.5) is 5.69 Å². The molecule has 128 valence electrons. The van der Waals surface area contributed by atoms with Crippen LogP contribution in [0.25, 0.3) is 0 Å². The fraction of sp³-hybridized carbons (Fsp3) is 0.158. The highest BCUT2D eigenvalue weighted by molar-refractivity contribution is 6.42. The molecule has 5 nitrogen and oxygen atoms in total. The van der Waals surface area contributed by atoms with Gasteiger partial charge in [0.15, 0.2) is 5.03 Å². The van der Waals surface area contributed by atoms with E-state index in [2.05, 4.69) is 5.32 Å². The molecular weight excluding hydrogens is 342 g/mol. The Labute approximate surface area is 150 Å². The summed E-state index contributed by atoms with van der Waals surface area (Å²) in [6.07, 6.45) is -1.21. The van der Waals surface area contributed by atoms with Gasteiger partial charge < -0.3 is 14.8 Å². The molecular formula is C19H16ClNO4. The summed E-state index contributed by atoms with van der Waals surface area (Å²) in [6.45, 7) is 3.76. The largest absolute Gasteiger partial charge is 0.415 e. The average molecular weight is 358 g/mol. The molecule has 0 aliphatic carbocycles. The minimum atomic E-state index is -1.21. The van der Waals surface area contributed by atoms with E-state index in [4.69, 9.17) is 21.1 Å². The quantitative estimate of drug-likeness (QED) is 0.840. The van der Waals surface area contributed by atoms with Gasteiger partial charge in [0.05, 0.1) is 5.56 Å². The summed E-state index contributed by atoms with van der Waals surface area (Å²) >= 11 is 6.02. The molecule has 1 heterocycles. The number of ether oxygens (including phenoxy) is 2. The fourth-order valence-electron chi connectivity index (χ4n) is 2.37. The van der Waals surface area contributed by atoms with Crippen molar-refractivity contribution < 1.29 is 19.1 Å². The fourth-order valence-corrected chi connectivity index (χ4v) is 2.55. The monoisotopic (exact) mass is 357 g/mol. The van der Waals surface area contributed by atoms with Gasteiger partial charge in [-0.1, -0.05) is 47.5 Å². The van der Waals surface area contributed by atoms with Gasteiger partial charge in [0.2, 0.25) is 0 Å². The topological polar surface area (TPSA) is 64.6 Å².